The Morgan fingerprint density at radius 2 is 1.48 bits per heavy atom. The SMILES string of the molecule is CC(C)(C)c1cc(-c2nccc3c4c(sc23)Oc2cccc3c2B4c2ccccc2O3)[c-]c2ccccc12.CCC(CC)C(=O)/C=C(\O)C(CC)CC.[Ir]. The number of thiophene rings is 1. The van der Waals surface area contributed by atoms with Gasteiger partial charge in [0.2, 0.25) is 0 Å². The molecule has 0 saturated carbocycles. The summed E-state index contributed by atoms with van der Waals surface area (Å²) in [5, 5.41) is 14.2. The predicted molar refractivity (Wildman–Crippen MR) is 222 cm³/mol. The number of hydrogen-bond donors (Lipinski definition) is 1. The van der Waals surface area contributed by atoms with Crippen LogP contribution in [0.5, 0.6) is 22.3 Å². The van der Waals surface area contributed by atoms with E-state index in [9.17, 15) is 9.90 Å². The van der Waals surface area contributed by atoms with Gasteiger partial charge in [0.15, 0.2) is 10.8 Å². The van der Waals surface area contributed by atoms with Gasteiger partial charge in [-0.15, -0.1) is 40.5 Å². The number of rotatable bonds is 8. The number of allylic oxidation sites excluding steroid dienone is 2. The van der Waals surface area contributed by atoms with Crippen molar-refractivity contribution in [3.05, 3.63) is 109 Å². The van der Waals surface area contributed by atoms with Crippen molar-refractivity contribution in [1.82, 2.24) is 4.98 Å². The van der Waals surface area contributed by atoms with Crippen molar-refractivity contribution < 1.29 is 39.5 Å². The second-order valence-electron chi connectivity index (χ2n) is 15.1. The van der Waals surface area contributed by atoms with Gasteiger partial charge in [-0.3, -0.25) is 9.78 Å². The molecule has 54 heavy (non-hydrogen) atoms. The van der Waals surface area contributed by atoms with Gasteiger partial charge in [-0.25, -0.2) is 0 Å². The van der Waals surface area contributed by atoms with E-state index in [-0.39, 0.29) is 55.6 Å². The number of fused-ring (bicyclic) bond motifs is 7. The van der Waals surface area contributed by atoms with Gasteiger partial charge in [0, 0.05) is 60.1 Å². The molecular weight excluding hydrogens is 866 g/mol. The summed E-state index contributed by atoms with van der Waals surface area (Å²) < 4.78 is 14.0. The van der Waals surface area contributed by atoms with Crippen molar-refractivity contribution in [1.29, 1.82) is 0 Å². The molecule has 279 valence electrons. The van der Waals surface area contributed by atoms with E-state index in [4.69, 9.17) is 14.5 Å². The number of ketones is 1. The van der Waals surface area contributed by atoms with E-state index in [0.717, 1.165) is 74.8 Å². The number of carbonyl (C=O) groups is 1. The Balaban J connectivity index is 0.000000267. The Hall–Kier alpha value is -4.23. The number of aliphatic hydroxyl groups is 1. The fraction of sp³-hybridized carbons (Fsp3) is 0.304. The Kier molecular flexibility index (Phi) is 11.9. The van der Waals surface area contributed by atoms with E-state index >= 15 is 0 Å². The Labute approximate surface area is 337 Å². The molecule has 1 radical (unpaired) electrons. The van der Waals surface area contributed by atoms with Crippen LogP contribution in [0.15, 0.2) is 96.9 Å². The molecule has 6 aromatic rings. The summed E-state index contributed by atoms with van der Waals surface area (Å²) in [5.74, 6) is 3.18. The summed E-state index contributed by atoms with van der Waals surface area (Å²) in [6.45, 7) is 14.9. The average Bonchev–Trinajstić information content (AvgIpc) is 3.53. The van der Waals surface area contributed by atoms with E-state index in [1.54, 1.807) is 11.3 Å². The maximum absolute atomic E-state index is 11.7. The standard InChI is InChI=1S/C33H23BNO2S.C13H24O2.Ir/c1-33(2,3)23-18-20(17-19-9-4-5-10-21(19)23)30-31-22(15-16-35-30)28-32(38-31)37-27-14-8-13-26-29(27)34(28)24-11-6-7-12-25(24)36-26;1-5-10(6-2)12(14)9-13(15)11(7-3)8-4;/h4-16,18H,1-3H3;9-11,14H,5-8H2,1-4H3;/q-1;;/b;12-9-;. The molecular formula is C46H47BIrNO4S-. The normalized spacial score (nSPS) is 13.0. The molecule has 0 aliphatic carbocycles. The minimum Gasteiger partial charge on any atom is -0.512 e. The molecule has 5 nitrogen and oxygen atoms in total. The molecule has 1 N–H and O–H groups in total. The van der Waals surface area contributed by atoms with E-state index in [0.29, 0.717) is 0 Å². The van der Waals surface area contributed by atoms with Crippen molar-refractivity contribution in [3.63, 3.8) is 0 Å². The maximum Gasteiger partial charge on any atom is 0.262 e. The van der Waals surface area contributed by atoms with E-state index < -0.39 is 0 Å². The zero-order chi connectivity index (χ0) is 37.4. The minimum atomic E-state index is -0.0149. The average molecular weight is 913 g/mol. The van der Waals surface area contributed by atoms with Crippen LogP contribution in [0.1, 0.15) is 79.7 Å². The first-order chi connectivity index (χ1) is 25.6. The molecule has 0 bridgehead atoms. The number of carbonyl (C=O) groups excluding carboxylic acids is 1. The van der Waals surface area contributed by atoms with Crippen molar-refractivity contribution in [2.24, 2.45) is 11.8 Å². The van der Waals surface area contributed by atoms with Gasteiger partial charge in [-0.1, -0.05) is 102 Å². The Morgan fingerprint density at radius 1 is 0.833 bits per heavy atom. The minimum absolute atomic E-state index is 0. The second kappa shape index (κ2) is 16.2. The van der Waals surface area contributed by atoms with E-state index in [1.807, 2.05) is 58.2 Å². The van der Waals surface area contributed by atoms with Gasteiger partial charge >= 0.3 is 0 Å². The second-order valence-corrected chi connectivity index (χ2v) is 16.1. The van der Waals surface area contributed by atoms with Crippen LogP contribution < -0.4 is 25.9 Å². The Morgan fingerprint density at radius 3 is 2.19 bits per heavy atom. The van der Waals surface area contributed by atoms with Crippen LogP contribution in [0.25, 0.3) is 32.1 Å². The van der Waals surface area contributed by atoms with Crippen LogP contribution in [0, 0.1) is 17.9 Å². The molecule has 2 aliphatic heterocycles. The molecule has 8 heteroatoms. The summed E-state index contributed by atoms with van der Waals surface area (Å²) in [4.78, 5) is 16.6. The molecule has 0 unspecified atom stereocenters. The van der Waals surface area contributed by atoms with Crippen LogP contribution in [0.4, 0.5) is 0 Å². The van der Waals surface area contributed by atoms with Crippen LogP contribution in [-0.4, -0.2) is 22.6 Å². The number of aromatic nitrogens is 1. The zero-order valence-electron chi connectivity index (χ0n) is 32.1. The molecule has 4 aromatic carbocycles. The molecule has 4 heterocycles. The van der Waals surface area contributed by atoms with Crippen LogP contribution in [-0.2, 0) is 30.3 Å². The number of benzene rings is 4. The summed E-state index contributed by atoms with van der Waals surface area (Å²) in [7, 11) is 0. The fourth-order valence-electron chi connectivity index (χ4n) is 7.79. The van der Waals surface area contributed by atoms with Crippen molar-refractivity contribution in [2.75, 3.05) is 0 Å². The smallest absolute Gasteiger partial charge is 0.262 e. The zero-order valence-corrected chi connectivity index (χ0v) is 35.3. The van der Waals surface area contributed by atoms with Crippen molar-refractivity contribution in [3.8, 4) is 33.6 Å². The number of hydrogen-bond acceptors (Lipinski definition) is 6. The van der Waals surface area contributed by atoms with Gasteiger partial charge < -0.3 is 14.6 Å². The predicted octanol–water partition coefficient (Wildman–Crippen LogP) is 10.8. The molecule has 0 fully saturated rings. The molecule has 2 aromatic heterocycles. The van der Waals surface area contributed by atoms with E-state index in [1.165, 1.54) is 33.3 Å². The summed E-state index contributed by atoms with van der Waals surface area (Å²) in [6, 6.07) is 31.1. The number of nitrogens with zero attached hydrogens (tertiary/aromatic N) is 1. The van der Waals surface area contributed by atoms with Crippen LogP contribution >= 0.6 is 11.3 Å². The number of ether oxygens (including phenoxy) is 2. The number of pyridine rings is 1. The first-order valence-corrected chi connectivity index (χ1v) is 19.8. The largest absolute Gasteiger partial charge is 0.512 e. The Bertz CT molecular complexity index is 2350. The van der Waals surface area contributed by atoms with Crippen LogP contribution in [0.2, 0.25) is 0 Å². The van der Waals surface area contributed by atoms with Gasteiger partial charge in [-0.05, 0) is 71.7 Å². The van der Waals surface area contributed by atoms with Gasteiger partial charge in [-0.2, -0.15) is 0 Å². The van der Waals surface area contributed by atoms with Crippen LogP contribution in [0.3, 0.4) is 0 Å². The molecule has 0 atom stereocenters. The maximum atomic E-state index is 11.7. The third-order valence-corrected chi connectivity index (χ3v) is 11.9. The molecule has 0 saturated heterocycles. The fourth-order valence-corrected chi connectivity index (χ4v) is 8.99. The first-order valence-electron chi connectivity index (χ1n) is 19.0. The monoisotopic (exact) mass is 913 g/mol. The summed E-state index contributed by atoms with van der Waals surface area (Å²) in [5.41, 5.74) is 6.72. The molecule has 0 amide bonds. The number of aliphatic hydroxyl groups excluding tert-OH is 1. The number of para-hydroxylation sites is 1. The molecule has 2 aliphatic rings. The van der Waals surface area contributed by atoms with Gasteiger partial charge in [0.25, 0.3) is 6.71 Å². The van der Waals surface area contributed by atoms with E-state index in [2.05, 4.69) is 81.4 Å². The summed E-state index contributed by atoms with van der Waals surface area (Å²) in [6.07, 6.45) is 6.83. The van der Waals surface area contributed by atoms with Gasteiger partial charge in [0.05, 0.1) is 5.76 Å². The summed E-state index contributed by atoms with van der Waals surface area (Å²) >= 11 is 1.68. The quantitative estimate of drug-likeness (QED) is 0.0712. The third-order valence-electron chi connectivity index (χ3n) is 10.8. The molecule has 8 rings (SSSR count). The molecule has 0 spiro atoms. The topological polar surface area (TPSA) is 68.7 Å². The van der Waals surface area contributed by atoms with Gasteiger partial charge in [0.1, 0.15) is 17.2 Å². The third kappa shape index (κ3) is 7.29. The van der Waals surface area contributed by atoms with Crippen molar-refractivity contribution in [2.45, 2.75) is 79.6 Å². The van der Waals surface area contributed by atoms with Crippen molar-refractivity contribution >= 4 is 61.1 Å². The first kappa shape index (κ1) is 39.5.